The molecule has 1 atom stereocenters. The number of hydrogen-bond donors (Lipinski definition) is 0. The molecule has 0 aromatic rings. The summed E-state index contributed by atoms with van der Waals surface area (Å²) >= 11 is 0. The van der Waals surface area contributed by atoms with Crippen molar-refractivity contribution in [2.75, 3.05) is 0 Å². The summed E-state index contributed by atoms with van der Waals surface area (Å²) in [5.41, 5.74) is 3.40. The Bertz CT molecular complexity index is 306. The van der Waals surface area contributed by atoms with Gasteiger partial charge in [0, 0.05) is 5.41 Å². The van der Waals surface area contributed by atoms with Crippen LogP contribution in [0.1, 0.15) is 65.7 Å². The fourth-order valence-corrected chi connectivity index (χ4v) is 2.57. The predicted octanol–water partition coefficient (Wildman–Crippen LogP) is 5.82. The molecule has 0 radical (unpaired) electrons. The van der Waals surface area contributed by atoms with E-state index in [0.29, 0.717) is 0 Å². The Morgan fingerprint density at radius 3 is 2.41 bits per heavy atom. The second kappa shape index (κ2) is 6.83. The van der Waals surface area contributed by atoms with Gasteiger partial charge >= 0.3 is 0 Å². The molecular formula is C17H28. The Kier molecular flexibility index (Phi) is 5.74. The number of hydrogen-bond acceptors (Lipinski definition) is 0. The van der Waals surface area contributed by atoms with Gasteiger partial charge in [-0.3, -0.25) is 0 Å². The highest BCUT2D eigenvalue weighted by Gasteiger charge is 2.28. The van der Waals surface area contributed by atoms with E-state index >= 15 is 0 Å². The van der Waals surface area contributed by atoms with E-state index in [2.05, 4.69) is 45.6 Å². The molecule has 1 rings (SSSR count). The molecule has 0 aromatic carbocycles. The highest BCUT2D eigenvalue weighted by atomic mass is 14.3. The van der Waals surface area contributed by atoms with Gasteiger partial charge in [0.05, 0.1) is 0 Å². The highest BCUT2D eigenvalue weighted by molar-refractivity contribution is 5.34. The van der Waals surface area contributed by atoms with Gasteiger partial charge in [-0.05, 0) is 32.1 Å². The summed E-state index contributed by atoms with van der Waals surface area (Å²) in [5, 5.41) is 0. The Hall–Kier alpha value is -0.780. The van der Waals surface area contributed by atoms with Crippen LogP contribution in [0.5, 0.6) is 0 Å². The third-order valence-electron chi connectivity index (χ3n) is 3.95. The van der Waals surface area contributed by atoms with Gasteiger partial charge in [-0.25, -0.2) is 0 Å². The van der Waals surface area contributed by atoms with E-state index in [1.807, 2.05) is 0 Å². The molecule has 0 heteroatoms. The molecule has 0 aromatic heterocycles. The van der Waals surface area contributed by atoms with Crippen LogP contribution >= 0.6 is 0 Å². The SMILES string of the molecule is C=CC1(C)CC(CCCC)=CC=C1CCCC. The highest BCUT2D eigenvalue weighted by Crippen LogP contribution is 2.41. The Balaban J connectivity index is 2.74. The van der Waals surface area contributed by atoms with Gasteiger partial charge in [0.2, 0.25) is 0 Å². The number of unbranched alkanes of at least 4 members (excludes halogenated alkanes) is 2. The lowest BCUT2D eigenvalue weighted by Gasteiger charge is -2.33. The first-order chi connectivity index (χ1) is 8.16. The van der Waals surface area contributed by atoms with Crippen LogP contribution in [0.4, 0.5) is 0 Å². The summed E-state index contributed by atoms with van der Waals surface area (Å²) in [6.45, 7) is 10.9. The summed E-state index contributed by atoms with van der Waals surface area (Å²) in [4.78, 5) is 0. The van der Waals surface area contributed by atoms with E-state index in [0.717, 1.165) is 0 Å². The van der Waals surface area contributed by atoms with E-state index in [1.54, 1.807) is 11.1 Å². The summed E-state index contributed by atoms with van der Waals surface area (Å²) in [5.74, 6) is 0. The average Bonchev–Trinajstić information content (AvgIpc) is 2.35. The van der Waals surface area contributed by atoms with E-state index in [1.165, 1.54) is 44.9 Å². The summed E-state index contributed by atoms with van der Waals surface area (Å²) in [7, 11) is 0. The van der Waals surface area contributed by atoms with Gasteiger partial charge in [-0.15, -0.1) is 6.58 Å². The van der Waals surface area contributed by atoms with Gasteiger partial charge in [-0.1, -0.05) is 63.0 Å². The normalized spacial score (nSPS) is 24.2. The van der Waals surface area contributed by atoms with E-state index in [9.17, 15) is 0 Å². The molecule has 0 saturated carbocycles. The molecule has 17 heavy (non-hydrogen) atoms. The average molecular weight is 232 g/mol. The van der Waals surface area contributed by atoms with Crippen LogP contribution in [0, 0.1) is 5.41 Å². The molecular weight excluding hydrogens is 204 g/mol. The third-order valence-corrected chi connectivity index (χ3v) is 3.95. The van der Waals surface area contributed by atoms with Crippen molar-refractivity contribution in [2.24, 2.45) is 5.41 Å². The van der Waals surface area contributed by atoms with Crippen molar-refractivity contribution in [3.8, 4) is 0 Å². The van der Waals surface area contributed by atoms with Gasteiger partial charge in [0.1, 0.15) is 0 Å². The van der Waals surface area contributed by atoms with Crippen molar-refractivity contribution >= 4 is 0 Å². The standard InChI is InChI=1S/C17H28/c1-5-8-10-15-12-13-16(11-9-6-2)17(4,7-3)14-15/h7,12-13H,3,5-6,8-11,14H2,1-2,4H3. The molecule has 0 heterocycles. The Labute approximate surface area is 108 Å². The van der Waals surface area contributed by atoms with Crippen LogP contribution < -0.4 is 0 Å². The lowest BCUT2D eigenvalue weighted by Crippen LogP contribution is -2.20. The number of rotatable bonds is 7. The van der Waals surface area contributed by atoms with Crippen molar-refractivity contribution in [1.29, 1.82) is 0 Å². The zero-order valence-corrected chi connectivity index (χ0v) is 11.9. The first-order valence-corrected chi connectivity index (χ1v) is 7.19. The maximum Gasteiger partial charge on any atom is 0.0100 e. The van der Waals surface area contributed by atoms with E-state index in [4.69, 9.17) is 0 Å². The van der Waals surface area contributed by atoms with E-state index in [-0.39, 0.29) is 5.41 Å². The Morgan fingerprint density at radius 1 is 1.18 bits per heavy atom. The lowest BCUT2D eigenvalue weighted by molar-refractivity contribution is 0.466. The molecule has 0 saturated heterocycles. The fraction of sp³-hybridized carbons (Fsp3) is 0.647. The minimum Gasteiger partial charge on any atom is -0.102 e. The van der Waals surface area contributed by atoms with Crippen molar-refractivity contribution in [3.63, 3.8) is 0 Å². The van der Waals surface area contributed by atoms with Gasteiger partial charge in [-0.2, -0.15) is 0 Å². The van der Waals surface area contributed by atoms with Crippen LogP contribution in [0.2, 0.25) is 0 Å². The van der Waals surface area contributed by atoms with Gasteiger partial charge in [0.15, 0.2) is 0 Å². The fourth-order valence-electron chi connectivity index (χ4n) is 2.57. The molecule has 1 aliphatic rings. The topological polar surface area (TPSA) is 0 Å². The molecule has 96 valence electrons. The minimum absolute atomic E-state index is 0.215. The first-order valence-electron chi connectivity index (χ1n) is 7.19. The van der Waals surface area contributed by atoms with Crippen LogP contribution in [0.15, 0.2) is 36.0 Å². The molecule has 0 aliphatic heterocycles. The predicted molar refractivity (Wildman–Crippen MR) is 78.1 cm³/mol. The smallest absolute Gasteiger partial charge is 0.0100 e. The largest absolute Gasteiger partial charge is 0.102 e. The van der Waals surface area contributed by atoms with Crippen molar-refractivity contribution < 1.29 is 0 Å². The summed E-state index contributed by atoms with van der Waals surface area (Å²) in [6, 6.07) is 0. The molecule has 0 fully saturated rings. The van der Waals surface area contributed by atoms with Crippen molar-refractivity contribution in [1.82, 2.24) is 0 Å². The minimum atomic E-state index is 0.215. The van der Waals surface area contributed by atoms with Gasteiger partial charge < -0.3 is 0 Å². The maximum absolute atomic E-state index is 4.06. The van der Waals surface area contributed by atoms with Crippen LogP contribution in [-0.4, -0.2) is 0 Å². The quantitative estimate of drug-likeness (QED) is 0.485. The Morgan fingerprint density at radius 2 is 1.82 bits per heavy atom. The monoisotopic (exact) mass is 232 g/mol. The maximum atomic E-state index is 4.06. The summed E-state index contributed by atoms with van der Waals surface area (Å²) < 4.78 is 0. The molecule has 0 spiro atoms. The zero-order chi connectivity index (χ0) is 12.7. The summed E-state index contributed by atoms with van der Waals surface area (Å²) in [6.07, 6.45) is 15.8. The third kappa shape index (κ3) is 3.87. The van der Waals surface area contributed by atoms with Crippen molar-refractivity contribution in [2.45, 2.75) is 65.7 Å². The molecule has 1 aliphatic carbocycles. The number of allylic oxidation sites excluding steroid dienone is 5. The molecule has 1 unspecified atom stereocenters. The van der Waals surface area contributed by atoms with Crippen LogP contribution in [0.3, 0.4) is 0 Å². The second-order valence-electron chi connectivity index (χ2n) is 5.52. The zero-order valence-electron chi connectivity index (χ0n) is 11.9. The molecule has 0 bridgehead atoms. The first kappa shape index (κ1) is 14.3. The van der Waals surface area contributed by atoms with E-state index < -0.39 is 0 Å². The molecule has 0 nitrogen and oxygen atoms in total. The van der Waals surface area contributed by atoms with Gasteiger partial charge in [0.25, 0.3) is 0 Å². The second-order valence-corrected chi connectivity index (χ2v) is 5.52. The van der Waals surface area contributed by atoms with Crippen LogP contribution in [0.25, 0.3) is 0 Å². The lowest BCUT2D eigenvalue weighted by atomic mass is 9.71. The van der Waals surface area contributed by atoms with Crippen molar-refractivity contribution in [3.05, 3.63) is 36.0 Å². The van der Waals surface area contributed by atoms with Crippen LogP contribution in [-0.2, 0) is 0 Å². The molecule has 0 amide bonds. The molecule has 0 N–H and O–H groups in total.